The van der Waals surface area contributed by atoms with Crippen LogP contribution in [0.4, 0.5) is 5.69 Å². The van der Waals surface area contributed by atoms with Crippen molar-refractivity contribution in [3.8, 4) is 6.07 Å². The quantitative estimate of drug-likeness (QED) is 0.724. The second-order valence-electron chi connectivity index (χ2n) is 5.08. The molecule has 2 rings (SSSR count). The first-order valence-corrected chi connectivity index (χ1v) is 8.25. The Morgan fingerprint density at radius 2 is 2.13 bits per heavy atom. The molecule has 0 saturated carbocycles. The highest BCUT2D eigenvalue weighted by atomic mass is 32.2. The number of thioether (sulfide) groups is 1. The van der Waals surface area contributed by atoms with Crippen molar-refractivity contribution in [3.05, 3.63) is 30.3 Å². The van der Waals surface area contributed by atoms with Crippen LogP contribution >= 0.6 is 11.8 Å². The number of anilines is 1. The summed E-state index contributed by atoms with van der Waals surface area (Å²) in [5.74, 6) is 0.141. The van der Waals surface area contributed by atoms with Crippen LogP contribution in [-0.2, 0) is 4.79 Å². The van der Waals surface area contributed by atoms with Crippen molar-refractivity contribution in [3.63, 3.8) is 0 Å². The Kier molecular flexibility index (Phi) is 6.11. The van der Waals surface area contributed by atoms with Crippen molar-refractivity contribution in [2.24, 2.45) is 0 Å². The number of nitriles is 1. The Labute approximate surface area is 139 Å². The number of para-hydroxylation sites is 1. The molecule has 0 aliphatic rings. The predicted molar refractivity (Wildman–Crippen MR) is 88.0 cm³/mol. The van der Waals surface area contributed by atoms with E-state index in [-0.39, 0.29) is 24.1 Å². The van der Waals surface area contributed by atoms with Crippen LogP contribution in [0.1, 0.15) is 26.3 Å². The number of amides is 1. The lowest BCUT2D eigenvalue weighted by Gasteiger charge is -2.21. The molecule has 0 radical (unpaired) electrons. The number of hydrogen-bond acceptors (Lipinski definition) is 6. The summed E-state index contributed by atoms with van der Waals surface area (Å²) in [6.07, 6.45) is 0.287. The van der Waals surface area contributed by atoms with Crippen molar-refractivity contribution in [2.75, 3.05) is 17.2 Å². The summed E-state index contributed by atoms with van der Waals surface area (Å²) in [4.78, 5) is 14.2. The molecule has 7 nitrogen and oxygen atoms in total. The van der Waals surface area contributed by atoms with Gasteiger partial charge in [0.05, 0.1) is 24.3 Å². The molecule has 1 heterocycles. The van der Waals surface area contributed by atoms with Gasteiger partial charge in [-0.25, -0.2) is 4.68 Å². The lowest BCUT2D eigenvalue weighted by atomic mass is 10.2. The van der Waals surface area contributed by atoms with Crippen molar-refractivity contribution in [1.82, 2.24) is 20.2 Å². The topological polar surface area (TPSA) is 87.7 Å². The number of carbonyl (C=O) groups excluding carboxylic acids is 1. The SMILES string of the molecule is CC(C)n1nnnc1SCC(=O)N(CCC#N)c1ccccc1. The Bertz CT molecular complexity index is 679. The van der Waals surface area contributed by atoms with E-state index in [1.807, 2.05) is 44.2 Å². The van der Waals surface area contributed by atoms with Gasteiger partial charge in [0.15, 0.2) is 0 Å². The highest BCUT2D eigenvalue weighted by Gasteiger charge is 2.18. The number of nitrogens with zero attached hydrogens (tertiary/aromatic N) is 6. The summed E-state index contributed by atoms with van der Waals surface area (Å²) in [6, 6.07) is 11.6. The fourth-order valence-corrected chi connectivity index (χ4v) is 2.86. The van der Waals surface area contributed by atoms with E-state index in [9.17, 15) is 4.79 Å². The van der Waals surface area contributed by atoms with Gasteiger partial charge in [0.1, 0.15) is 0 Å². The van der Waals surface area contributed by atoms with E-state index in [1.54, 1.807) is 9.58 Å². The monoisotopic (exact) mass is 330 g/mol. The summed E-state index contributed by atoms with van der Waals surface area (Å²) in [6.45, 7) is 4.33. The number of tetrazole rings is 1. The third-order valence-electron chi connectivity index (χ3n) is 3.09. The van der Waals surface area contributed by atoms with E-state index in [2.05, 4.69) is 21.6 Å². The highest BCUT2D eigenvalue weighted by molar-refractivity contribution is 7.99. The fraction of sp³-hybridized carbons (Fsp3) is 0.400. The summed E-state index contributed by atoms with van der Waals surface area (Å²) >= 11 is 1.30. The first kappa shape index (κ1) is 17.0. The van der Waals surface area contributed by atoms with Crippen LogP contribution in [0.5, 0.6) is 0 Å². The molecular weight excluding hydrogens is 312 g/mol. The van der Waals surface area contributed by atoms with Crippen LogP contribution in [0.15, 0.2) is 35.5 Å². The van der Waals surface area contributed by atoms with Crippen LogP contribution in [0.25, 0.3) is 0 Å². The van der Waals surface area contributed by atoms with Gasteiger partial charge in [-0.3, -0.25) is 4.79 Å². The molecule has 1 aromatic heterocycles. The zero-order valence-corrected chi connectivity index (χ0v) is 13.9. The van der Waals surface area contributed by atoms with E-state index >= 15 is 0 Å². The van der Waals surface area contributed by atoms with Gasteiger partial charge < -0.3 is 4.90 Å². The molecule has 1 aromatic carbocycles. The molecule has 0 atom stereocenters. The maximum Gasteiger partial charge on any atom is 0.237 e. The first-order chi connectivity index (χ1) is 11.1. The van der Waals surface area contributed by atoms with Crippen LogP contribution in [0.2, 0.25) is 0 Å². The van der Waals surface area contributed by atoms with Crippen LogP contribution in [-0.4, -0.2) is 38.4 Å². The number of benzene rings is 1. The van der Waals surface area contributed by atoms with Crippen molar-refractivity contribution in [2.45, 2.75) is 31.5 Å². The Balaban J connectivity index is 2.06. The lowest BCUT2D eigenvalue weighted by Crippen LogP contribution is -2.33. The number of rotatable bonds is 7. The maximum absolute atomic E-state index is 12.5. The minimum atomic E-state index is -0.0743. The molecule has 0 bridgehead atoms. The average molecular weight is 330 g/mol. The first-order valence-electron chi connectivity index (χ1n) is 7.26. The van der Waals surface area contributed by atoms with Gasteiger partial charge in [-0.2, -0.15) is 5.26 Å². The lowest BCUT2D eigenvalue weighted by molar-refractivity contribution is -0.116. The highest BCUT2D eigenvalue weighted by Crippen LogP contribution is 2.20. The largest absolute Gasteiger partial charge is 0.311 e. The van der Waals surface area contributed by atoms with Crippen molar-refractivity contribution >= 4 is 23.4 Å². The summed E-state index contributed by atoms with van der Waals surface area (Å²) in [5, 5.41) is 20.9. The predicted octanol–water partition coefficient (Wildman–Crippen LogP) is 2.29. The number of aromatic nitrogens is 4. The molecule has 0 spiro atoms. The molecule has 23 heavy (non-hydrogen) atoms. The Morgan fingerprint density at radius 1 is 1.39 bits per heavy atom. The van der Waals surface area contributed by atoms with Gasteiger partial charge in [0.25, 0.3) is 0 Å². The maximum atomic E-state index is 12.5. The summed E-state index contributed by atoms with van der Waals surface area (Å²) in [7, 11) is 0. The van der Waals surface area contributed by atoms with Crippen molar-refractivity contribution < 1.29 is 4.79 Å². The van der Waals surface area contributed by atoms with Gasteiger partial charge in [-0.1, -0.05) is 30.0 Å². The Morgan fingerprint density at radius 3 is 2.78 bits per heavy atom. The van der Waals surface area contributed by atoms with Gasteiger partial charge >= 0.3 is 0 Å². The average Bonchev–Trinajstić information content (AvgIpc) is 3.03. The minimum absolute atomic E-state index is 0.0743. The second-order valence-corrected chi connectivity index (χ2v) is 6.02. The molecular formula is C15H18N6OS. The molecule has 2 aromatic rings. The van der Waals surface area contributed by atoms with E-state index in [0.29, 0.717) is 11.7 Å². The molecule has 1 amide bonds. The molecule has 0 aliphatic carbocycles. The molecule has 8 heteroatoms. The molecule has 0 fully saturated rings. The van der Waals surface area contributed by atoms with E-state index in [0.717, 1.165) is 5.69 Å². The minimum Gasteiger partial charge on any atom is -0.311 e. The van der Waals surface area contributed by atoms with Gasteiger partial charge in [-0.05, 0) is 36.4 Å². The standard InChI is InChI=1S/C15H18N6OS/c1-12(2)21-15(17-18-19-21)23-11-14(22)20(10-6-9-16)13-7-4-3-5-8-13/h3-5,7-8,12H,6,10-11H2,1-2H3. The molecule has 0 saturated heterocycles. The second kappa shape index (κ2) is 8.29. The van der Waals surface area contributed by atoms with E-state index in [4.69, 9.17) is 5.26 Å². The fourth-order valence-electron chi connectivity index (χ4n) is 1.98. The van der Waals surface area contributed by atoms with Crippen LogP contribution in [0.3, 0.4) is 0 Å². The van der Waals surface area contributed by atoms with Gasteiger partial charge in [-0.15, -0.1) is 5.10 Å². The smallest absolute Gasteiger partial charge is 0.237 e. The Hall–Kier alpha value is -2.40. The molecule has 120 valence electrons. The zero-order valence-electron chi connectivity index (χ0n) is 13.1. The number of hydrogen-bond donors (Lipinski definition) is 0. The normalized spacial score (nSPS) is 10.5. The third-order valence-corrected chi connectivity index (χ3v) is 4.01. The molecule has 0 unspecified atom stereocenters. The van der Waals surface area contributed by atoms with E-state index in [1.165, 1.54) is 11.8 Å². The van der Waals surface area contributed by atoms with Gasteiger partial charge in [0.2, 0.25) is 11.1 Å². The van der Waals surface area contributed by atoms with Crippen molar-refractivity contribution in [1.29, 1.82) is 5.26 Å². The van der Waals surface area contributed by atoms with E-state index < -0.39 is 0 Å². The zero-order chi connectivity index (χ0) is 16.7. The summed E-state index contributed by atoms with van der Waals surface area (Å²) in [5.41, 5.74) is 0.789. The van der Waals surface area contributed by atoms with Crippen LogP contribution in [0, 0.1) is 11.3 Å². The summed E-state index contributed by atoms with van der Waals surface area (Å²) < 4.78 is 1.68. The molecule has 0 aliphatic heterocycles. The van der Waals surface area contributed by atoms with Gasteiger partial charge in [0, 0.05) is 12.2 Å². The number of carbonyl (C=O) groups is 1. The molecule has 0 N–H and O–H groups in total. The third kappa shape index (κ3) is 4.53. The van der Waals surface area contributed by atoms with Crippen LogP contribution < -0.4 is 4.90 Å².